The predicted molar refractivity (Wildman–Crippen MR) is 92.1 cm³/mol. The maximum atomic E-state index is 12.4. The van der Waals surface area contributed by atoms with Crippen molar-refractivity contribution in [3.8, 4) is 5.75 Å². The molecule has 1 aliphatic rings. The average molecular weight is 332 g/mol. The highest BCUT2D eigenvalue weighted by atomic mass is 16.5. The lowest BCUT2D eigenvalue weighted by molar-refractivity contribution is -0.138. The van der Waals surface area contributed by atoms with Crippen molar-refractivity contribution in [1.29, 1.82) is 0 Å². The molecule has 2 rings (SSSR count). The van der Waals surface area contributed by atoms with Crippen molar-refractivity contribution < 1.29 is 19.1 Å². The third-order valence-electron chi connectivity index (χ3n) is 3.62. The first-order valence-electron chi connectivity index (χ1n) is 8.09. The third kappa shape index (κ3) is 4.58. The topological polar surface area (TPSA) is 67.9 Å². The smallest absolute Gasteiger partial charge is 0.334 e. The molecule has 0 unspecified atom stereocenters. The molecule has 0 spiro atoms. The van der Waals surface area contributed by atoms with Crippen molar-refractivity contribution in [2.75, 3.05) is 40.4 Å². The van der Waals surface area contributed by atoms with E-state index in [0.29, 0.717) is 43.1 Å². The lowest BCUT2D eigenvalue weighted by Crippen LogP contribution is -2.31. The molecule has 0 radical (unpaired) electrons. The predicted octanol–water partition coefficient (Wildman–Crippen LogP) is 1.71. The first kappa shape index (κ1) is 18.0. The Labute approximate surface area is 142 Å². The molecular formula is C18H24N2O4. The minimum atomic E-state index is -0.338. The number of para-hydroxylation sites is 1. The number of fused-ring (bicyclic) bond motifs is 1. The Hall–Kier alpha value is -2.34. The van der Waals surface area contributed by atoms with Gasteiger partial charge in [-0.3, -0.25) is 4.79 Å². The monoisotopic (exact) mass is 332 g/mol. The van der Waals surface area contributed by atoms with Gasteiger partial charge in [-0.05, 0) is 33.2 Å². The second-order valence-electron chi connectivity index (χ2n) is 5.77. The fraction of sp³-hybridized carbons (Fsp3) is 0.444. The molecule has 0 aliphatic carbocycles. The molecule has 6 heteroatoms. The number of carbonyl (C=O) groups excluding carboxylic acids is 2. The van der Waals surface area contributed by atoms with Crippen LogP contribution in [0.1, 0.15) is 29.3 Å². The number of likely N-dealkylation sites (N-methyl/N-ethyl adjacent to an activating group) is 1. The number of amides is 1. The molecule has 24 heavy (non-hydrogen) atoms. The number of ether oxygens (including phenoxy) is 2. The van der Waals surface area contributed by atoms with Crippen molar-refractivity contribution in [3.63, 3.8) is 0 Å². The Morgan fingerprint density at radius 1 is 1.33 bits per heavy atom. The third-order valence-corrected chi connectivity index (χ3v) is 3.62. The molecule has 1 aromatic carbocycles. The minimum Gasteiger partial charge on any atom is -0.492 e. The summed E-state index contributed by atoms with van der Waals surface area (Å²) in [6.07, 6.45) is 2.20. The minimum absolute atomic E-state index is 0.179. The normalized spacial score (nSPS) is 13.4. The summed E-state index contributed by atoms with van der Waals surface area (Å²) in [5.74, 6) is -0.00405. The van der Waals surface area contributed by atoms with E-state index in [1.54, 1.807) is 25.1 Å². The highest BCUT2D eigenvalue weighted by Crippen LogP contribution is 2.30. The van der Waals surface area contributed by atoms with E-state index < -0.39 is 0 Å². The summed E-state index contributed by atoms with van der Waals surface area (Å²) in [6, 6.07) is 5.34. The summed E-state index contributed by atoms with van der Waals surface area (Å²) >= 11 is 0. The van der Waals surface area contributed by atoms with E-state index in [2.05, 4.69) is 5.32 Å². The quantitative estimate of drug-likeness (QED) is 0.803. The van der Waals surface area contributed by atoms with Gasteiger partial charge in [0, 0.05) is 30.6 Å². The molecule has 0 aromatic heterocycles. The van der Waals surface area contributed by atoms with E-state index in [-0.39, 0.29) is 11.9 Å². The van der Waals surface area contributed by atoms with Crippen molar-refractivity contribution in [2.24, 2.45) is 0 Å². The molecule has 1 N–H and O–H groups in total. The van der Waals surface area contributed by atoms with Crippen LogP contribution in [0.15, 0.2) is 23.8 Å². The number of benzene rings is 1. The second kappa shape index (κ2) is 8.49. The van der Waals surface area contributed by atoms with E-state index in [0.717, 1.165) is 12.1 Å². The van der Waals surface area contributed by atoms with Crippen LogP contribution in [0.25, 0.3) is 6.08 Å². The maximum absolute atomic E-state index is 12.4. The highest BCUT2D eigenvalue weighted by molar-refractivity contribution is 6.00. The number of hydrogen-bond acceptors (Lipinski definition) is 5. The summed E-state index contributed by atoms with van der Waals surface area (Å²) in [4.78, 5) is 26.4. The van der Waals surface area contributed by atoms with Crippen LogP contribution in [-0.2, 0) is 9.53 Å². The zero-order valence-electron chi connectivity index (χ0n) is 14.4. The van der Waals surface area contributed by atoms with Gasteiger partial charge in [-0.1, -0.05) is 12.1 Å². The van der Waals surface area contributed by atoms with Crippen molar-refractivity contribution >= 4 is 18.0 Å². The van der Waals surface area contributed by atoms with Gasteiger partial charge in [0.15, 0.2) is 0 Å². The molecule has 1 amide bonds. The lowest BCUT2D eigenvalue weighted by Gasteiger charge is -2.14. The van der Waals surface area contributed by atoms with Crippen molar-refractivity contribution in [2.45, 2.75) is 13.3 Å². The molecule has 0 fully saturated rings. The van der Waals surface area contributed by atoms with Crippen LogP contribution in [0.4, 0.5) is 0 Å². The van der Waals surface area contributed by atoms with Crippen LogP contribution >= 0.6 is 0 Å². The zero-order valence-corrected chi connectivity index (χ0v) is 14.4. The van der Waals surface area contributed by atoms with Gasteiger partial charge in [-0.15, -0.1) is 0 Å². The summed E-state index contributed by atoms with van der Waals surface area (Å²) in [6.45, 7) is 3.75. The van der Waals surface area contributed by atoms with Crippen LogP contribution in [-0.4, -0.2) is 57.2 Å². The van der Waals surface area contributed by atoms with Crippen LogP contribution in [0, 0.1) is 0 Å². The van der Waals surface area contributed by atoms with Gasteiger partial charge < -0.3 is 19.7 Å². The maximum Gasteiger partial charge on any atom is 0.334 e. The number of carbonyl (C=O) groups is 2. The molecule has 1 aliphatic heterocycles. The Morgan fingerprint density at radius 2 is 2.12 bits per heavy atom. The number of rotatable bonds is 6. The van der Waals surface area contributed by atoms with Crippen LogP contribution in [0.2, 0.25) is 0 Å². The van der Waals surface area contributed by atoms with Gasteiger partial charge in [-0.2, -0.15) is 0 Å². The summed E-state index contributed by atoms with van der Waals surface area (Å²) in [5.41, 5.74) is 1.75. The van der Waals surface area contributed by atoms with Crippen LogP contribution < -0.4 is 10.1 Å². The summed E-state index contributed by atoms with van der Waals surface area (Å²) in [7, 11) is 3.90. The number of hydrogen-bond donors (Lipinski definition) is 1. The molecular weight excluding hydrogens is 308 g/mol. The van der Waals surface area contributed by atoms with E-state index in [9.17, 15) is 9.59 Å². The van der Waals surface area contributed by atoms with Gasteiger partial charge >= 0.3 is 5.97 Å². The van der Waals surface area contributed by atoms with E-state index in [1.165, 1.54) is 0 Å². The zero-order chi connectivity index (χ0) is 17.5. The second-order valence-corrected chi connectivity index (χ2v) is 5.77. The van der Waals surface area contributed by atoms with Gasteiger partial charge in [0.25, 0.3) is 5.91 Å². The Kier molecular flexibility index (Phi) is 6.37. The summed E-state index contributed by atoms with van der Waals surface area (Å²) < 4.78 is 10.8. The van der Waals surface area contributed by atoms with E-state index >= 15 is 0 Å². The molecule has 0 atom stereocenters. The fourth-order valence-corrected chi connectivity index (χ4v) is 2.40. The van der Waals surface area contributed by atoms with Gasteiger partial charge in [0.05, 0.1) is 18.8 Å². The Bertz CT molecular complexity index is 638. The lowest BCUT2D eigenvalue weighted by atomic mass is 10.0. The first-order chi connectivity index (χ1) is 11.5. The molecule has 6 nitrogen and oxygen atoms in total. The summed E-state index contributed by atoms with van der Waals surface area (Å²) in [5, 5.41) is 2.88. The van der Waals surface area contributed by atoms with Crippen LogP contribution in [0.3, 0.4) is 0 Å². The molecule has 130 valence electrons. The number of esters is 1. The highest BCUT2D eigenvalue weighted by Gasteiger charge is 2.20. The largest absolute Gasteiger partial charge is 0.492 e. The molecule has 1 heterocycles. The Morgan fingerprint density at radius 3 is 2.83 bits per heavy atom. The van der Waals surface area contributed by atoms with Crippen LogP contribution in [0.5, 0.6) is 5.75 Å². The van der Waals surface area contributed by atoms with E-state index in [4.69, 9.17) is 9.47 Å². The van der Waals surface area contributed by atoms with Crippen molar-refractivity contribution in [3.05, 3.63) is 34.9 Å². The number of nitrogens with zero attached hydrogens (tertiary/aromatic N) is 1. The van der Waals surface area contributed by atoms with Gasteiger partial charge in [0.2, 0.25) is 0 Å². The molecule has 0 saturated heterocycles. The SMILES string of the molecule is CCOC(=O)C1=Cc2cccc(C(=O)NCCN(C)C)c2OCC1. The number of nitrogens with one attached hydrogen (secondary N) is 1. The van der Waals surface area contributed by atoms with Gasteiger partial charge in [-0.25, -0.2) is 4.79 Å². The Balaban J connectivity index is 2.21. The standard InChI is InChI=1S/C18H24N2O4/c1-4-23-18(22)14-8-11-24-16-13(12-14)6-5-7-15(16)17(21)19-9-10-20(2)3/h5-7,12H,4,8-11H2,1-3H3,(H,19,21). The molecule has 0 saturated carbocycles. The van der Waals surface area contributed by atoms with E-state index in [1.807, 2.05) is 25.1 Å². The first-order valence-corrected chi connectivity index (χ1v) is 8.09. The molecule has 1 aromatic rings. The molecule has 0 bridgehead atoms. The fourth-order valence-electron chi connectivity index (χ4n) is 2.40. The van der Waals surface area contributed by atoms with Gasteiger partial charge in [0.1, 0.15) is 5.75 Å². The average Bonchev–Trinajstić information content (AvgIpc) is 2.76. The van der Waals surface area contributed by atoms with Crippen molar-refractivity contribution in [1.82, 2.24) is 10.2 Å².